The summed E-state index contributed by atoms with van der Waals surface area (Å²) in [5, 5.41) is 8.72. The van der Waals surface area contributed by atoms with Gasteiger partial charge >= 0.3 is 0 Å². The van der Waals surface area contributed by atoms with Gasteiger partial charge in [0.25, 0.3) is 0 Å². The average molecular weight is 373 g/mol. The van der Waals surface area contributed by atoms with Crippen LogP contribution in [0.3, 0.4) is 0 Å². The fourth-order valence-electron chi connectivity index (χ4n) is 3.77. The molecule has 3 aromatic carbocycles. The number of hydrogen-bond donors (Lipinski definition) is 0. The molecule has 0 aliphatic carbocycles. The Hall–Kier alpha value is -3.02. The van der Waals surface area contributed by atoms with Gasteiger partial charge in [-0.15, -0.1) is 5.10 Å². The Balaban J connectivity index is 1.86. The lowest BCUT2D eigenvalue weighted by Crippen LogP contribution is -2.27. The van der Waals surface area contributed by atoms with Gasteiger partial charge in [-0.05, 0) is 23.3 Å². The number of nitrogens with zero attached hydrogens (tertiary/aromatic N) is 3. The van der Waals surface area contributed by atoms with Crippen LogP contribution in [-0.2, 0) is 9.47 Å². The van der Waals surface area contributed by atoms with E-state index in [1.807, 2.05) is 65.3 Å². The van der Waals surface area contributed by atoms with E-state index in [0.29, 0.717) is 0 Å². The second-order valence-electron chi connectivity index (χ2n) is 6.65. The van der Waals surface area contributed by atoms with Crippen LogP contribution < -0.4 is 0 Å². The van der Waals surface area contributed by atoms with Crippen LogP contribution >= 0.6 is 0 Å². The topological polar surface area (TPSA) is 49.2 Å². The van der Waals surface area contributed by atoms with Crippen LogP contribution in [0.2, 0.25) is 0 Å². The molecule has 0 fully saturated rings. The predicted octanol–water partition coefficient (Wildman–Crippen LogP) is 4.75. The number of rotatable bonds is 7. The Labute approximate surface area is 164 Å². The highest BCUT2D eigenvalue weighted by Crippen LogP contribution is 2.42. The summed E-state index contributed by atoms with van der Waals surface area (Å²) in [6, 6.07) is 28.4. The van der Waals surface area contributed by atoms with Crippen LogP contribution in [0, 0.1) is 0 Å². The summed E-state index contributed by atoms with van der Waals surface area (Å²) in [6.07, 6.45) is -0.600. The maximum Gasteiger partial charge on any atom is 0.161 e. The summed E-state index contributed by atoms with van der Waals surface area (Å²) in [5.74, 6) is -0.122. The monoisotopic (exact) mass is 373 g/mol. The van der Waals surface area contributed by atoms with Crippen LogP contribution in [-0.4, -0.2) is 29.2 Å². The molecule has 0 aliphatic rings. The SMILES string of the molecule is CO[C@@H](c1ccccc1)[C@H](c1ccccc1)[C@H](OC)n1nnc2ccccc21. The molecule has 5 heteroatoms. The zero-order valence-electron chi connectivity index (χ0n) is 16.0. The molecular weight excluding hydrogens is 350 g/mol. The van der Waals surface area contributed by atoms with Crippen LogP contribution in [0.15, 0.2) is 84.9 Å². The minimum absolute atomic E-state index is 0.122. The van der Waals surface area contributed by atoms with Gasteiger partial charge < -0.3 is 9.47 Å². The number of benzene rings is 3. The second kappa shape index (κ2) is 8.33. The van der Waals surface area contributed by atoms with E-state index in [-0.39, 0.29) is 18.2 Å². The molecule has 142 valence electrons. The van der Waals surface area contributed by atoms with Gasteiger partial charge in [0.05, 0.1) is 17.5 Å². The molecule has 0 spiro atoms. The molecule has 4 aromatic rings. The predicted molar refractivity (Wildman–Crippen MR) is 109 cm³/mol. The van der Waals surface area contributed by atoms with Crippen molar-refractivity contribution in [1.82, 2.24) is 15.0 Å². The Morgan fingerprint density at radius 2 is 1.32 bits per heavy atom. The Bertz CT molecular complexity index is 1020. The van der Waals surface area contributed by atoms with Gasteiger partial charge in [0, 0.05) is 14.2 Å². The average Bonchev–Trinajstić information content (AvgIpc) is 3.19. The van der Waals surface area contributed by atoms with Crippen LogP contribution in [0.1, 0.15) is 29.4 Å². The first-order valence-electron chi connectivity index (χ1n) is 9.29. The molecule has 0 saturated heterocycles. The third-order valence-electron chi connectivity index (χ3n) is 5.06. The summed E-state index contributed by atoms with van der Waals surface area (Å²) in [5.41, 5.74) is 3.97. The highest BCUT2D eigenvalue weighted by Gasteiger charge is 2.35. The highest BCUT2D eigenvalue weighted by molar-refractivity contribution is 5.74. The Morgan fingerprint density at radius 3 is 1.96 bits per heavy atom. The third kappa shape index (κ3) is 3.42. The zero-order valence-corrected chi connectivity index (χ0v) is 16.0. The summed E-state index contributed by atoms with van der Waals surface area (Å²) in [7, 11) is 3.44. The molecule has 0 bridgehead atoms. The fourth-order valence-corrected chi connectivity index (χ4v) is 3.77. The number of ether oxygens (including phenoxy) is 2. The van der Waals surface area contributed by atoms with E-state index >= 15 is 0 Å². The van der Waals surface area contributed by atoms with Gasteiger partial charge in [-0.25, -0.2) is 4.68 Å². The van der Waals surface area contributed by atoms with Crippen molar-refractivity contribution in [1.29, 1.82) is 0 Å². The van der Waals surface area contributed by atoms with Crippen LogP contribution in [0.25, 0.3) is 11.0 Å². The van der Waals surface area contributed by atoms with Gasteiger partial charge in [0.1, 0.15) is 5.52 Å². The smallest absolute Gasteiger partial charge is 0.161 e. The molecule has 3 atom stereocenters. The maximum atomic E-state index is 6.00. The lowest BCUT2D eigenvalue weighted by Gasteiger charge is -2.33. The summed E-state index contributed by atoms with van der Waals surface area (Å²) >= 11 is 0. The molecule has 0 amide bonds. The van der Waals surface area contributed by atoms with Crippen molar-refractivity contribution in [3.8, 4) is 0 Å². The van der Waals surface area contributed by atoms with E-state index in [1.54, 1.807) is 14.2 Å². The van der Waals surface area contributed by atoms with Crippen molar-refractivity contribution in [3.05, 3.63) is 96.1 Å². The normalized spacial score (nSPS) is 14.6. The molecule has 0 radical (unpaired) electrons. The number of hydrogen-bond acceptors (Lipinski definition) is 4. The van der Waals surface area contributed by atoms with E-state index in [2.05, 4.69) is 34.6 Å². The molecular formula is C23H23N3O2. The molecule has 4 rings (SSSR count). The molecule has 28 heavy (non-hydrogen) atoms. The fraction of sp³-hybridized carbons (Fsp3) is 0.217. The largest absolute Gasteiger partial charge is 0.376 e. The lowest BCUT2D eigenvalue weighted by molar-refractivity contribution is -0.0434. The Kier molecular flexibility index (Phi) is 5.46. The molecule has 0 aliphatic heterocycles. The van der Waals surface area contributed by atoms with E-state index in [4.69, 9.17) is 9.47 Å². The van der Waals surface area contributed by atoms with E-state index in [0.717, 1.165) is 22.2 Å². The minimum Gasteiger partial charge on any atom is -0.376 e. The summed E-state index contributed by atoms with van der Waals surface area (Å²) < 4.78 is 13.9. The number of aromatic nitrogens is 3. The second-order valence-corrected chi connectivity index (χ2v) is 6.65. The van der Waals surface area contributed by atoms with E-state index in [9.17, 15) is 0 Å². The van der Waals surface area contributed by atoms with Crippen LogP contribution in [0.4, 0.5) is 0 Å². The van der Waals surface area contributed by atoms with Crippen molar-refractivity contribution < 1.29 is 9.47 Å². The molecule has 0 unspecified atom stereocenters. The van der Waals surface area contributed by atoms with Crippen molar-refractivity contribution in [3.63, 3.8) is 0 Å². The quantitative estimate of drug-likeness (QED) is 0.469. The molecule has 5 nitrogen and oxygen atoms in total. The van der Waals surface area contributed by atoms with Gasteiger partial charge in [-0.1, -0.05) is 78.0 Å². The third-order valence-corrected chi connectivity index (χ3v) is 5.06. The number of methoxy groups -OCH3 is 2. The Morgan fingerprint density at radius 1 is 0.714 bits per heavy atom. The minimum atomic E-state index is -0.389. The maximum absolute atomic E-state index is 6.00. The molecule has 1 heterocycles. The van der Waals surface area contributed by atoms with Gasteiger partial charge in [-0.3, -0.25) is 0 Å². The van der Waals surface area contributed by atoms with Gasteiger partial charge in [-0.2, -0.15) is 0 Å². The number of fused-ring (bicyclic) bond motifs is 1. The number of para-hydroxylation sites is 1. The summed E-state index contributed by atoms with van der Waals surface area (Å²) in [6.45, 7) is 0. The van der Waals surface area contributed by atoms with Crippen LogP contribution in [0.5, 0.6) is 0 Å². The first-order valence-corrected chi connectivity index (χ1v) is 9.29. The van der Waals surface area contributed by atoms with Gasteiger partial charge in [0.15, 0.2) is 6.23 Å². The van der Waals surface area contributed by atoms with Crippen molar-refractivity contribution in [2.75, 3.05) is 14.2 Å². The van der Waals surface area contributed by atoms with Gasteiger partial charge in [0.2, 0.25) is 0 Å². The van der Waals surface area contributed by atoms with Crippen molar-refractivity contribution in [2.45, 2.75) is 18.2 Å². The first kappa shape index (κ1) is 18.3. The van der Waals surface area contributed by atoms with Crippen molar-refractivity contribution in [2.24, 2.45) is 0 Å². The van der Waals surface area contributed by atoms with E-state index < -0.39 is 0 Å². The highest BCUT2D eigenvalue weighted by atomic mass is 16.5. The molecule has 0 N–H and O–H groups in total. The first-order chi connectivity index (χ1) is 13.8. The molecule has 1 aromatic heterocycles. The lowest BCUT2D eigenvalue weighted by atomic mass is 9.87. The van der Waals surface area contributed by atoms with Crippen molar-refractivity contribution >= 4 is 11.0 Å². The van der Waals surface area contributed by atoms with E-state index in [1.165, 1.54) is 0 Å². The molecule has 0 saturated carbocycles. The zero-order chi connectivity index (χ0) is 19.3. The summed E-state index contributed by atoms with van der Waals surface area (Å²) in [4.78, 5) is 0. The standard InChI is InChI=1S/C23H23N3O2/c1-27-22(18-13-7-4-8-14-18)21(17-11-5-3-6-12-17)23(28-2)26-20-16-10-9-15-19(20)24-25-26/h3-16,21-23H,1-2H3/t21-,22-,23-/m0/s1.